The number of hydrogen-bond donors (Lipinski definition) is 0. The van der Waals surface area contributed by atoms with Crippen molar-refractivity contribution >= 4 is 0 Å². The molecule has 0 aromatic rings. The summed E-state index contributed by atoms with van der Waals surface area (Å²) in [6.07, 6.45) is -11.6. The van der Waals surface area contributed by atoms with Crippen molar-refractivity contribution in [2.45, 2.75) is 18.8 Å². The van der Waals surface area contributed by atoms with Gasteiger partial charge in [-0.3, -0.25) is 0 Å². The Kier molecular flexibility index (Phi) is 4.02. The van der Waals surface area contributed by atoms with E-state index in [0.717, 1.165) is 7.11 Å². The maximum absolute atomic E-state index is 11.8. The van der Waals surface area contributed by atoms with Crippen LogP contribution in [-0.4, -0.2) is 26.1 Å². The van der Waals surface area contributed by atoms with E-state index < -0.39 is 31.3 Å². The molecular weight excluding hydrogens is 202 g/mol. The first kappa shape index (κ1) is 12.5. The third-order valence-electron chi connectivity index (χ3n) is 1.40. The fourth-order valence-corrected chi connectivity index (χ4v) is 0.749. The van der Waals surface area contributed by atoms with Crippen molar-refractivity contribution in [2.75, 3.05) is 13.7 Å². The van der Waals surface area contributed by atoms with Crippen LogP contribution >= 0.6 is 0 Å². The summed E-state index contributed by atoms with van der Waals surface area (Å²) in [5, 5.41) is 0. The first-order valence-electron chi connectivity index (χ1n) is 3.32. The largest absolute Gasteiger partial charge is 0.400 e. The van der Waals surface area contributed by atoms with Crippen molar-refractivity contribution < 1.29 is 31.1 Å². The van der Waals surface area contributed by atoms with Crippen molar-refractivity contribution in [3.05, 3.63) is 0 Å². The van der Waals surface area contributed by atoms with E-state index in [1.165, 1.54) is 0 Å². The summed E-state index contributed by atoms with van der Waals surface area (Å²) >= 11 is 0. The second-order valence-corrected chi connectivity index (χ2v) is 2.42. The lowest BCUT2D eigenvalue weighted by molar-refractivity contribution is -0.287. The molecule has 0 fully saturated rings. The number of hydrogen-bond acceptors (Lipinski definition) is 1. The number of rotatable bonds is 3. The van der Waals surface area contributed by atoms with Crippen LogP contribution in [0.1, 0.15) is 6.42 Å². The molecule has 0 unspecified atom stereocenters. The highest BCUT2D eigenvalue weighted by Gasteiger charge is 2.55. The van der Waals surface area contributed by atoms with Crippen molar-refractivity contribution in [1.82, 2.24) is 0 Å². The minimum Gasteiger partial charge on any atom is -0.385 e. The molecule has 0 saturated heterocycles. The molecule has 1 nitrogen and oxygen atoms in total. The molecule has 0 aromatic carbocycles. The van der Waals surface area contributed by atoms with E-state index in [1.807, 2.05) is 0 Å². The molecule has 13 heavy (non-hydrogen) atoms. The van der Waals surface area contributed by atoms with Gasteiger partial charge in [0.15, 0.2) is 5.92 Å². The molecule has 0 amide bonds. The van der Waals surface area contributed by atoms with Crippen LogP contribution in [0.5, 0.6) is 0 Å². The second-order valence-electron chi connectivity index (χ2n) is 2.42. The van der Waals surface area contributed by atoms with Crippen LogP contribution in [0.25, 0.3) is 0 Å². The fraction of sp³-hybridized carbons (Fsp3) is 1.00. The zero-order valence-electron chi connectivity index (χ0n) is 6.67. The summed E-state index contributed by atoms with van der Waals surface area (Å²) in [7, 11) is 1.05. The van der Waals surface area contributed by atoms with Gasteiger partial charge in [-0.25, -0.2) is 0 Å². The Morgan fingerprint density at radius 1 is 1.00 bits per heavy atom. The summed E-state index contributed by atoms with van der Waals surface area (Å²) in [5.41, 5.74) is 0. The minimum atomic E-state index is -5.25. The normalized spacial score (nSPS) is 13.8. The Bertz CT molecular complexity index is 134. The van der Waals surface area contributed by atoms with E-state index in [-0.39, 0.29) is 0 Å². The molecule has 0 aliphatic carbocycles. The molecule has 0 N–H and O–H groups in total. The zero-order chi connectivity index (χ0) is 10.7. The first-order chi connectivity index (χ1) is 5.69. The molecule has 0 radical (unpaired) electrons. The Hall–Kier alpha value is -0.460. The summed E-state index contributed by atoms with van der Waals surface area (Å²) in [6, 6.07) is 0. The highest BCUT2D eigenvalue weighted by molar-refractivity contribution is 4.74. The Morgan fingerprint density at radius 3 is 1.62 bits per heavy atom. The second kappa shape index (κ2) is 4.17. The standard InChI is InChI=1S/C6H8F6O/c1-13-3-2-4(5(7,8)9)6(10,11)12/h4H,2-3H2,1H3. The van der Waals surface area contributed by atoms with Crippen molar-refractivity contribution in [1.29, 1.82) is 0 Å². The number of alkyl halides is 6. The SMILES string of the molecule is COCCC(C(F)(F)F)C(F)(F)F. The number of methoxy groups -OCH3 is 1. The quantitative estimate of drug-likeness (QED) is 0.651. The van der Waals surface area contributed by atoms with Crippen LogP contribution in [0.2, 0.25) is 0 Å². The van der Waals surface area contributed by atoms with E-state index >= 15 is 0 Å². The van der Waals surface area contributed by atoms with E-state index in [0.29, 0.717) is 0 Å². The summed E-state index contributed by atoms with van der Waals surface area (Å²) in [4.78, 5) is 0. The molecule has 0 aliphatic rings. The molecule has 0 aromatic heterocycles. The summed E-state index contributed by atoms with van der Waals surface area (Å²) in [5.74, 6) is -3.29. The molecule has 80 valence electrons. The maximum Gasteiger partial charge on any atom is 0.400 e. The van der Waals surface area contributed by atoms with Crippen LogP contribution in [0.4, 0.5) is 26.3 Å². The molecule has 0 rings (SSSR count). The smallest absolute Gasteiger partial charge is 0.385 e. The van der Waals surface area contributed by atoms with Gasteiger partial charge in [0.2, 0.25) is 0 Å². The van der Waals surface area contributed by atoms with Gasteiger partial charge >= 0.3 is 12.4 Å². The van der Waals surface area contributed by atoms with Crippen LogP contribution < -0.4 is 0 Å². The van der Waals surface area contributed by atoms with Gasteiger partial charge in [-0.15, -0.1) is 0 Å². The topological polar surface area (TPSA) is 9.23 Å². The predicted molar refractivity (Wildman–Crippen MR) is 32.1 cm³/mol. The number of halogens is 6. The highest BCUT2D eigenvalue weighted by atomic mass is 19.4. The van der Waals surface area contributed by atoms with Gasteiger partial charge in [-0.1, -0.05) is 0 Å². The fourth-order valence-electron chi connectivity index (χ4n) is 0.749. The average molecular weight is 210 g/mol. The lowest BCUT2D eigenvalue weighted by Crippen LogP contribution is -2.37. The zero-order valence-corrected chi connectivity index (χ0v) is 6.67. The van der Waals surface area contributed by atoms with Gasteiger partial charge in [0.1, 0.15) is 0 Å². The molecule has 0 spiro atoms. The monoisotopic (exact) mass is 210 g/mol. The van der Waals surface area contributed by atoms with Gasteiger partial charge in [-0.2, -0.15) is 26.3 Å². The predicted octanol–water partition coefficient (Wildman–Crippen LogP) is 2.76. The minimum absolute atomic E-state index is 0.566. The van der Waals surface area contributed by atoms with Gasteiger partial charge in [-0.05, 0) is 6.42 Å². The van der Waals surface area contributed by atoms with Crippen LogP contribution in [0, 0.1) is 5.92 Å². The molecular formula is C6H8F6O. The number of ether oxygens (including phenoxy) is 1. The maximum atomic E-state index is 11.8. The van der Waals surface area contributed by atoms with Gasteiger partial charge < -0.3 is 4.74 Å². The van der Waals surface area contributed by atoms with Crippen LogP contribution in [-0.2, 0) is 4.74 Å². The molecule has 0 atom stereocenters. The third-order valence-corrected chi connectivity index (χ3v) is 1.40. The first-order valence-corrected chi connectivity index (χ1v) is 3.32. The van der Waals surface area contributed by atoms with Crippen LogP contribution in [0.3, 0.4) is 0 Å². The highest BCUT2D eigenvalue weighted by Crippen LogP contribution is 2.41. The van der Waals surface area contributed by atoms with Gasteiger partial charge in [0.25, 0.3) is 0 Å². The Balaban J connectivity index is 4.39. The summed E-state index contributed by atoms with van der Waals surface area (Å²) in [6.45, 7) is -0.566. The summed E-state index contributed by atoms with van der Waals surface area (Å²) < 4.78 is 74.7. The van der Waals surface area contributed by atoms with E-state index in [9.17, 15) is 26.3 Å². The molecule has 0 aliphatic heterocycles. The van der Waals surface area contributed by atoms with E-state index in [1.54, 1.807) is 0 Å². The van der Waals surface area contributed by atoms with Crippen LogP contribution in [0.15, 0.2) is 0 Å². The van der Waals surface area contributed by atoms with E-state index in [2.05, 4.69) is 4.74 Å². The van der Waals surface area contributed by atoms with Crippen molar-refractivity contribution in [3.8, 4) is 0 Å². The lowest BCUT2D eigenvalue weighted by Gasteiger charge is -2.22. The van der Waals surface area contributed by atoms with Gasteiger partial charge in [0, 0.05) is 13.7 Å². The Morgan fingerprint density at radius 2 is 1.38 bits per heavy atom. The molecule has 7 heteroatoms. The molecule has 0 saturated carbocycles. The van der Waals surface area contributed by atoms with E-state index in [4.69, 9.17) is 0 Å². The Labute approximate surface area is 70.7 Å². The molecule has 0 heterocycles. The van der Waals surface area contributed by atoms with Gasteiger partial charge in [0.05, 0.1) is 0 Å². The third kappa shape index (κ3) is 4.35. The van der Waals surface area contributed by atoms with Crippen molar-refractivity contribution in [2.24, 2.45) is 5.92 Å². The van der Waals surface area contributed by atoms with Crippen molar-refractivity contribution in [3.63, 3.8) is 0 Å². The lowest BCUT2D eigenvalue weighted by atomic mass is 10.1. The average Bonchev–Trinajstić information content (AvgIpc) is 1.81. The molecule has 0 bridgehead atoms.